The lowest BCUT2D eigenvalue weighted by molar-refractivity contribution is -0.141. The number of ether oxygens (including phenoxy) is 1. The van der Waals surface area contributed by atoms with Crippen molar-refractivity contribution in [3.8, 4) is 33.3 Å². The number of benzene rings is 2. The Morgan fingerprint density at radius 2 is 1.80 bits per heavy atom. The molecule has 5 aromatic rings. The number of likely N-dealkylation sites (tertiary alicyclic amines) is 1. The molecule has 2 amide bonds. The van der Waals surface area contributed by atoms with Crippen LogP contribution in [0.4, 0.5) is 11.5 Å². The minimum absolute atomic E-state index is 0.0639. The van der Waals surface area contributed by atoms with Gasteiger partial charge < -0.3 is 39.9 Å². The molecule has 0 radical (unpaired) electrons. The number of nitrogens with one attached hydrogen (secondary N) is 2. The summed E-state index contributed by atoms with van der Waals surface area (Å²) in [5.41, 5.74) is 7.23. The van der Waals surface area contributed by atoms with E-state index in [4.69, 9.17) is 9.26 Å². The van der Waals surface area contributed by atoms with Crippen LogP contribution in [0.2, 0.25) is 0 Å². The number of aromatic nitrogens is 4. The molecular formula is C48H58N10O6S. The molecule has 1 aliphatic carbocycles. The summed E-state index contributed by atoms with van der Waals surface area (Å²) in [4.78, 5) is 42.6. The molecule has 6 aliphatic rings. The number of carbonyl (C=O) groups is 2. The molecule has 1 saturated carbocycles. The second-order valence-electron chi connectivity index (χ2n) is 18.9. The minimum atomic E-state index is -0.818. The smallest absolute Gasteiger partial charge is 0.254 e. The first kappa shape index (κ1) is 43.3. The molecule has 65 heavy (non-hydrogen) atoms. The number of amides is 2. The molecule has 2 bridgehead atoms. The average Bonchev–Trinajstić information content (AvgIpc) is 4.06. The molecule has 2 aromatic carbocycles. The zero-order valence-corrected chi connectivity index (χ0v) is 38.2. The number of β-amino-alcohol motifs (C(OH)–C–C–N with tert-alkyl or cyclic N) is 1. The fraction of sp³-hybridized carbons (Fsp3) is 0.500. The third-order valence-electron chi connectivity index (χ3n) is 14.3. The molecule has 11 rings (SSSR count). The standard InChI is InChI=1S/C48H58N10O6S/c1-27(2)43(48(62)58-25-35(59)18-39(58)47(61)51-28(3)30-9-11-31(12-10-30)45-29(4)50-26-65-45)41-20-42(54-64-41)63-16-15-55-22-32-17-33(23-55)44(32)56-13-14-57-34(24-56)21-49-46-38(57)19-37(52-53-46)36-7-5-6-8-40(36)60/h5-12,19-20,26-28,32-35,39,43-44,59-60H,13-18,21-25H2,1-4H3,(H,49,53)(H,51,61)/t28?,32?,33?,34-,35+,39-,43?,44?/m0/s1. The van der Waals surface area contributed by atoms with Gasteiger partial charge in [0.1, 0.15) is 24.3 Å². The largest absolute Gasteiger partial charge is 0.507 e. The van der Waals surface area contributed by atoms with E-state index in [1.807, 2.05) is 75.7 Å². The Morgan fingerprint density at radius 3 is 2.55 bits per heavy atom. The highest BCUT2D eigenvalue weighted by atomic mass is 32.1. The number of piperazine rings is 1. The lowest BCUT2D eigenvalue weighted by atomic mass is 9.65. The van der Waals surface area contributed by atoms with E-state index in [-0.39, 0.29) is 42.5 Å². The highest BCUT2D eigenvalue weighted by Gasteiger charge is 2.51. The Kier molecular flexibility index (Phi) is 12.0. The first-order valence-electron chi connectivity index (χ1n) is 23.0. The van der Waals surface area contributed by atoms with Crippen LogP contribution in [0.1, 0.15) is 62.6 Å². The maximum absolute atomic E-state index is 14.3. The van der Waals surface area contributed by atoms with Crippen LogP contribution in [0.15, 0.2) is 70.7 Å². The summed E-state index contributed by atoms with van der Waals surface area (Å²) in [6.07, 6.45) is 0.596. The van der Waals surface area contributed by atoms with Crippen LogP contribution in [-0.4, -0.2) is 140 Å². The van der Waals surface area contributed by atoms with E-state index >= 15 is 0 Å². The van der Waals surface area contributed by atoms with Crippen molar-refractivity contribution in [2.24, 2.45) is 17.8 Å². The molecule has 7 atom stereocenters. The van der Waals surface area contributed by atoms with Crippen LogP contribution in [-0.2, 0) is 9.59 Å². The highest BCUT2D eigenvalue weighted by Crippen LogP contribution is 2.45. The van der Waals surface area contributed by atoms with Gasteiger partial charge in [0, 0.05) is 76.5 Å². The van der Waals surface area contributed by atoms with Gasteiger partial charge in [-0.1, -0.05) is 50.2 Å². The van der Waals surface area contributed by atoms with Crippen LogP contribution in [0.3, 0.4) is 0 Å². The topological polar surface area (TPSA) is 186 Å². The summed E-state index contributed by atoms with van der Waals surface area (Å²) in [6, 6.07) is 18.9. The number of phenols is 1. The molecule has 4 unspecified atom stereocenters. The fourth-order valence-corrected chi connectivity index (χ4v) is 11.8. The van der Waals surface area contributed by atoms with E-state index in [0.29, 0.717) is 53.4 Å². The first-order chi connectivity index (χ1) is 31.5. The van der Waals surface area contributed by atoms with Crippen molar-refractivity contribution < 1.29 is 29.1 Å². The predicted molar refractivity (Wildman–Crippen MR) is 247 cm³/mol. The Balaban J connectivity index is 0.705. The second-order valence-corrected chi connectivity index (χ2v) is 19.7. The molecule has 17 heteroatoms. The van der Waals surface area contributed by atoms with Gasteiger partial charge >= 0.3 is 0 Å². The number of aliphatic hydroxyl groups is 1. The number of para-hydroxylation sites is 1. The number of hydrogen-bond acceptors (Lipinski definition) is 15. The van der Waals surface area contributed by atoms with Crippen molar-refractivity contribution in [3.63, 3.8) is 0 Å². The van der Waals surface area contributed by atoms with Crippen molar-refractivity contribution in [3.05, 3.63) is 83.2 Å². The molecule has 16 nitrogen and oxygen atoms in total. The summed E-state index contributed by atoms with van der Waals surface area (Å²) in [7, 11) is 0. The number of phenolic OH excluding ortho intramolecular Hbond substituents is 1. The highest BCUT2D eigenvalue weighted by molar-refractivity contribution is 7.13. The normalized spacial score (nSPS) is 25.0. The Hall–Kier alpha value is -5.62. The Morgan fingerprint density at radius 1 is 1.00 bits per heavy atom. The number of hydrogen-bond donors (Lipinski definition) is 4. The number of anilines is 2. The number of aliphatic hydroxyl groups excluding tert-OH is 1. The molecule has 8 heterocycles. The van der Waals surface area contributed by atoms with Crippen LogP contribution >= 0.6 is 11.3 Å². The quantitative estimate of drug-likeness (QED) is 0.121. The molecular weight excluding hydrogens is 845 g/mol. The van der Waals surface area contributed by atoms with Crippen molar-refractivity contribution in [2.75, 3.05) is 69.2 Å². The second kappa shape index (κ2) is 18.0. The monoisotopic (exact) mass is 902 g/mol. The SMILES string of the molecule is Cc1ncsc1-c1ccc(C(C)NC(=O)[C@@H]2C[C@@H](O)CN2C(=O)C(c2cc(OCCN3CC4CC(C3)C4N3CCN4c5cc(-c6ccccc6O)nnc5NC[C@H]4C3)no2)C(C)C)cc1. The Bertz CT molecular complexity index is 2500. The number of aromatic hydroxyl groups is 1. The maximum atomic E-state index is 14.3. The van der Waals surface area contributed by atoms with Crippen LogP contribution < -0.4 is 20.3 Å². The summed E-state index contributed by atoms with van der Waals surface area (Å²) >= 11 is 1.60. The van der Waals surface area contributed by atoms with Gasteiger partial charge in [-0.25, -0.2) is 4.98 Å². The van der Waals surface area contributed by atoms with Crippen molar-refractivity contribution in [1.29, 1.82) is 0 Å². The summed E-state index contributed by atoms with van der Waals surface area (Å²) in [5.74, 6) is 1.49. The van der Waals surface area contributed by atoms with Crippen molar-refractivity contribution in [1.82, 2.24) is 40.4 Å². The van der Waals surface area contributed by atoms with E-state index in [1.165, 1.54) is 11.3 Å². The molecule has 342 valence electrons. The third kappa shape index (κ3) is 8.54. The molecule has 5 fully saturated rings. The van der Waals surface area contributed by atoms with Gasteiger partial charge in [-0.2, -0.15) is 0 Å². The van der Waals surface area contributed by atoms with E-state index in [9.17, 15) is 19.8 Å². The molecule has 3 aromatic heterocycles. The van der Waals surface area contributed by atoms with Gasteiger partial charge in [-0.05, 0) is 72.5 Å². The average molecular weight is 903 g/mol. The fourth-order valence-electron chi connectivity index (χ4n) is 11.0. The predicted octanol–water partition coefficient (Wildman–Crippen LogP) is 5.16. The van der Waals surface area contributed by atoms with Crippen LogP contribution in [0, 0.1) is 24.7 Å². The number of piperidine rings is 2. The van der Waals surface area contributed by atoms with E-state index in [2.05, 4.69) is 51.7 Å². The zero-order valence-electron chi connectivity index (χ0n) is 37.3. The lowest BCUT2D eigenvalue weighted by Gasteiger charge is -2.60. The summed E-state index contributed by atoms with van der Waals surface area (Å²) in [5, 5.41) is 40.9. The van der Waals surface area contributed by atoms with Gasteiger partial charge in [0.25, 0.3) is 5.88 Å². The first-order valence-corrected chi connectivity index (χ1v) is 23.9. The maximum Gasteiger partial charge on any atom is 0.254 e. The van der Waals surface area contributed by atoms with Gasteiger partial charge in [0.05, 0.1) is 45.7 Å². The number of nitrogens with zero attached hydrogens (tertiary/aromatic N) is 8. The Labute approximate surface area is 383 Å². The zero-order chi connectivity index (χ0) is 44.9. The van der Waals surface area contributed by atoms with Crippen molar-refractivity contribution in [2.45, 2.75) is 76.7 Å². The molecule has 4 N–H and O–H groups in total. The van der Waals surface area contributed by atoms with E-state index in [1.54, 1.807) is 23.5 Å². The molecule has 5 aliphatic heterocycles. The molecule has 0 spiro atoms. The number of aryl methyl sites for hydroxylation is 1. The summed E-state index contributed by atoms with van der Waals surface area (Å²) in [6.45, 7) is 14.8. The van der Waals surface area contributed by atoms with Crippen LogP contribution in [0.25, 0.3) is 21.7 Å². The number of fused-ring (bicyclic) bond motifs is 5. The minimum Gasteiger partial charge on any atom is -0.507 e. The number of rotatable bonds is 13. The third-order valence-corrected chi connectivity index (χ3v) is 15.3. The van der Waals surface area contributed by atoms with Gasteiger partial charge in [-0.15, -0.1) is 21.5 Å². The van der Waals surface area contributed by atoms with Crippen LogP contribution in [0.5, 0.6) is 11.6 Å². The lowest BCUT2D eigenvalue weighted by Crippen LogP contribution is -2.69. The molecule has 4 saturated heterocycles. The van der Waals surface area contributed by atoms with Gasteiger partial charge in [0.2, 0.25) is 11.8 Å². The van der Waals surface area contributed by atoms with Gasteiger partial charge in [0.15, 0.2) is 11.6 Å². The van der Waals surface area contributed by atoms with Crippen molar-refractivity contribution >= 4 is 34.7 Å². The number of thiazole rings is 1. The van der Waals surface area contributed by atoms with Gasteiger partial charge in [-0.3, -0.25) is 19.4 Å². The summed E-state index contributed by atoms with van der Waals surface area (Å²) < 4.78 is 11.9. The van der Waals surface area contributed by atoms with E-state index in [0.717, 1.165) is 79.0 Å². The number of carbonyl (C=O) groups excluding carboxylic acids is 2. The van der Waals surface area contributed by atoms with E-state index < -0.39 is 18.1 Å².